The van der Waals surface area contributed by atoms with Crippen LogP contribution in [0.4, 0.5) is 0 Å². The summed E-state index contributed by atoms with van der Waals surface area (Å²) in [4.78, 5) is 15.3. The lowest BCUT2D eigenvalue weighted by molar-refractivity contribution is -0.130. The monoisotopic (exact) mass is 229 g/mol. The van der Waals surface area contributed by atoms with Gasteiger partial charge in [0.15, 0.2) is 0 Å². The van der Waals surface area contributed by atoms with E-state index in [1.165, 1.54) is 0 Å². The Morgan fingerprint density at radius 1 is 1.50 bits per heavy atom. The van der Waals surface area contributed by atoms with Crippen molar-refractivity contribution in [2.24, 2.45) is 5.73 Å². The number of carbonyl (C=O) groups excluding carboxylic acids is 1. The van der Waals surface area contributed by atoms with Crippen LogP contribution in [0.5, 0.6) is 0 Å². The Hall–Kier alpha value is -0.650. The average Bonchev–Trinajstić information content (AvgIpc) is 2.24. The van der Waals surface area contributed by atoms with Gasteiger partial charge in [0.2, 0.25) is 5.91 Å². The molecular formula is C11H23N3O2. The quantitative estimate of drug-likeness (QED) is 0.707. The van der Waals surface area contributed by atoms with Crippen LogP contribution in [0.25, 0.3) is 0 Å². The van der Waals surface area contributed by atoms with Crippen LogP contribution < -0.4 is 5.73 Å². The highest BCUT2D eigenvalue weighted by Gasteiger charge is 2.24. The highest BCUT2D eigenvalue weighted by atomic mass is 16.5. The molecule has 0 saturated carbocycles. The summed E-state index contributed by atoms with van der Waals surface area (Å²) < 4.78 is 5.66. The van der Waals surface area contributed by atoms with Crippen molar-refractivity contribution in [3.8, 4) is 0 Å². The van der Waals surface area contributed by atoms with Gasteiger partial charge in [0.1, 0.15) is 0 Å². The highest BCUT2D eigenvalue weighted by molar-refractivity contribution is 5.75. The number of nitrogens with zero attached hydrogens (tertiary/aromatic N) is 2. The van der Waals surface area contributed by atoms with Gasteiger partial charge in [0.25, 0.3) is 0 Å². The van der Waals surface area contributed by atoms with Gasteiger partial charge in [-0.2, -0.15) is 0 Å². The number of carbonyl (C=O) groups is 1. The Morgan fingerprint density at radius 2 is 2.19 bits per heavy atom. The molecule has 2 atom stereocenters. The molecule has 0 aliphatic carbocycles. The minimum absolute atomic E-state index is 0.109. The molecule has 0 aromatic rings. The van der Waals surface area contributed by atoms with Gasteiger partial charge >= 0.3 is 0 Å². The molecule has 5 nitrogen and oxygen atoms in total. The lowest BCUT2D eigenvalue weighted by atomic mass is 10.2. The summed E-state index contributed by atoms with van der Waals surface area (Å²) in [6.07, 6.45) is 0.881. The van der Waals surface area contributed by atoms with Crippen LogP contribution in [-0.4, -0.2) is 68.2 Å². The number of hydrogen-bond donors (Lipinski definition) is 1. The van der Waals surface area contributed by atoms with E-state index < -0.39 is 0 Å². The zero-order chi connectivity index (χ0) is 12.1. The van der Waals surface area contributed by atoms with Crippen molar-refractivity contribution >= 4 is 5.91 Å². The summed E-state index contributed by atoms with van der Waals surface area (Å²) in [5, 5.41) is 0. The van der Waals surface area contributed by atoms with E-state index in [1.807, 2.05) is 6.92 Å². The first kappa shape index (κ1) is 13.4. The number of morpholine rings is 1. The largest absolute Gasteiger partial charge is 0.371 e. The molecule has 1 saturated heterocycles. The fraction of sp³-hybridized carbons (Fsp3) is 0.909. The molecular weight excluding hydrogens is 206 g/mol. The van der Waals surface area contributed by atoms with Crippen LogP contribution in [0.2, 0.25) is 0 Å². The Bertz CT molecular complexity index is 233. The summed E-state index contributed by atoms with van der Waals surface area (Å²) in [5.74, 6) is 0.170. The zero-order valence-electron chi connectivity index (χ0n) is 10.5. The smallest absolute Gasteiger partial charge is 0.223 e. The van der Waals surface area contributed by atoms with Gasteiger partial charge in [-0.3, -0.25) is 9.69 Å². The number of ether oxygens (including phenoxy) is 1. The average molecular weight is 229 g/mol. The van der Waals surface area contributed by atoms with E-state index in [4.69, 9.17) is 10.5 Å². The fourth-order valence-electron chi connectivity index (χ4n) is 1.93. The molecule has 0 spiro atoms. The maximum absolute atomic E-state index is 11.5. The molecule has 2 N–H and O–H groups in total. The van der Waals surface area contributed by atoms with E-state index in [-0.39, 0.29) is 18.1 Å². The van der Waals surface area contributed by atoms with Gasteiger partial charge < -0.3 is 15.4 Å². The summed E-state index contributed by atoms with van der Waals surface area (Å²) in [6.45, 7) is 5.10. The Labute approximate surface area is 97.5 Å². The first-order chi connectivity index (χ1) is 7.52. The third kappa shape index (κ3) is 4.08. The summed E-state index contributed by atoms with van der Waals surface area (Å²) in [6, 6.07) is 0. The van der Waals surface area contributed by atoms with E-state index in [9.17, 15) is 4.79 Å². The maximum atomic E-state index is 11.5. The van der Waals surface area contributed by atoms with Gasteiger partial charge in [-0.1, -0.05) is 0 Å². The SMILES string of the molecule is CC1CN(CCC(=O)N(C)C)CC(CN)O1. The first-order valence-corrected chi connectivity index (χ1v) is 5.81. The lowest BCUT2D eigenvalue weighted by Crippen LogP contribution is -2.49. The van der Waals surface area contributed by atoms with Crippen molar-refractivity contribution in [2.75, 3.05) is 40.3 Å². The number of rotatable bonds is 4. The van der Waals surface area contributed by atoms with Crippen molar-refractivity contribution in [3.63, 3.8) is 0 Å². The number of nitrogens with two attached hydrogens (primary N) is 1. The Morgan fingerprint density at radius 3 is 2.75 bits per heavy atom. The third-order valence-corrected chi connectivity index (χ3v) is 2.81. The molecule has 5 heteroatoms. The second kappa shape index (κ2) is 6.18. The Balaban J connectivity index is 2.33. The van der Waals surface area contributed by atoms with Crippen molar-refractivity contribution in [1.82, 2.24) is 9.80 Å². The second-order valence-electron chi connectivity index (χ2n) is 4.60. The van der Waals surface area contributed by atoms with E-state index in [2.05, 4.69) is 4.90 Å². The minimum atomic E-state index is 0.109. The molecule has 16 heavy (non-hydrogen) atoms. The van der Waals surface area contributed by atoms with E-state index in [1.54, 1.807) is 19.0 Å². The number of amides is 1. The minimum Gasteiger partial charge on any atom is -0.371 e. The maximum Gasteiger partial charge on any atom is 0.223 e. The summed E-state index contributed by atoms with van der Waals surface area (Å²) >= 11 is 0. The molecule has 0 bridgehead atoms. The van der Waals surface area contributed by atoms with Gasteiger partial charge in [0, 0.05) is 46.7 Å². The molecule has 2 unspecified atom stereocenters. The molecule has 0 radical (unpaired) electrons. The van der Waals surface area contributed by atoms with Crippen molar-refractivity contribution in [3.05, 3.63) is 0 Å². The van der Waals surface area contributed by atoms with Crippen LogP contribution in [0.15, 0.2) is 0 Å². The zero-order valence-corrected chi connectivity index (χ0v) is 10.5. The van der Waals surface area contributed by atoms with Gasteiger partial charge in [0.05, 0.1) is 12.2 Å². The molecule has 0 aromatic carbocycles. The van der Waals surface area contributed by atoms with Gasteiger partial charge in [-0.05, 0) is 6.92 Å². The Kier molecular flexibility index (Phi) is 5.18. The highest BCUT2D eigenvalue weighted by Crippen LogP contribution is 2.10. The predicted octanol–water partition coefficient (Wildman–Crippen LogP) is -0.487. The first-order valence-electron chi connectivity index (χ1n) is 5.81. The molecule has 1 aliphatic rings. The lowest BCUT2D eigenvalue weighted by Gasteiger charge is -2.36. The molecule has 1 rings (SSSR count). The molecule has 1 aliphatic heterocycles. The van der Waals surface area contributed by atoms with Crippen molar-refractivity contribution in [1.29, 1.82) is 0 Å². The summed E-state index contributed by atoms with van der Waals surface area (Å²) in [7, 11) is 3.57. The van der Waals surface area contributed by atoms with E-state index >= 15 is 0 Å². The van der Waals surface area contributed by atoms with Crippen molar-refractivity contribution < 1.29 is 9.53 Å². The number of hydrogen-bond acceptors (Lipinski definition) is 4. The van der Waals surface area contributed by atoms with E-state index in [0.717, 1.165) is 19.6 Å². The molecule has 1 heterocycles. The third-order valence-electron chi connectivity index (χ3n) is 2.81. The van der Waals surface area contributed by atoms with Crippen LogP contribution >= 0.6 is 0 Å². The van der Waals surface area contributed by atoms with Gasteiger partial charge in [-0.25, -0.2) is 0 Å². The van der Waals surface area contributed by atoms with Gasteiger partial charge in [-0.15, -0.1) is 0 Å². The molecule has 1 fully saturated rings. The molecule has 0 aromatic heterocycles. The second-order valence-corrected chi connectivity index (χ2v) is 4.60. The van der Waals surface area contributed by atoms with Crippen LogP contribution in [0, 0.1) is 0 Å². The van der Waals surface area contributed by atoms with Crippen molar-refractivity contribution in [2.45, 2.75) is 25.6 Å². The van der Waals surface area contributed by atoms with Crippen LogP contribution in [-0.2, 0) is 9.53 Å². The standard InChI is InChI=1S/C11H23N3O2/c1-9-7-14(8-10(6-12)16-9)5-4-11(15)13(2)3/h9-10H,4-8,12H2,1-3H3. The normalized spacial score (nSPS) is 26.8. The van der Waals surface area contributed by atoms with Crippen LogP contribution in [0.3, 0.4) is 0 Å². The fourth-order valence-corrected chi connectivity index (χ4v) is 1.93. The molecule has 1 amide bonds. The molecule has 94 valence electrons. The van der Waals surface area contributed by atoms with Crippen LogP contribution in [0.1, 0.15) is 13.3 Å². The van der Waals surface area contributed by atoms with E-state index in [0.29, 0.717) is 13.0 Å². The topological polar surface area (TPSA) is 58.8 Å². The predicted molar refractivity (Wildman–Crippen MR) is 63.1 cm³/mol. The summed E-state index contributed by atoms with van der Waals surface area (Å²) in [5.41, 5.74) is 5.61.